The molecule has 0 aromatic heterocycles. The Kier molecular flexibility index (Phi) is 5.76. The van der Waals surface area contributed by atoms with Crippen LogP contribution < -0.4 is 0 Å². The average Bonchev–Trinajstić information content (AvgIpc) is 2.29. The van der Waals surface area contributed by atoms with Crippen LogP contribution >= 0.6 is 11.8 Å². The predicted molar refractivity (Wildman–Crippen MR) is 64.3 cm³/mol. The minimum absolute atomic E-state index is 0.371. The Morgan fingerprint density at radius 1 is 1.40 bits per heavy atom. The number of hydrogen-bond donors (Lipinski definition) is 1. The molecule has 0 saturated carbocycles. The van der Waals surface area contributed by atoms with Gasteiger partial charge in [0.25, 0.3) is 0 Å². The van der Waals surface area contributed by atoms with Crippen LogP contribution in [0.3, 0.4) is 0 Å². The van der Waals surface area contributed by atoms with Crippen molar-refractivity contribution in [1.29, 1.82) is 0 Å². The molecule has 0 spiro atoms. The van der Waals surface area contributed by atoms with Gasteiger partial charge in [0.2, 0.25) is 0 Å². The first kappa shape index (κ1) is 12.6. The van der Waals surface area contributed by atoms with Gasteiger partial charge in [-0.15, -0.1) is 11.8 Å². The SMILES string of the molecule is COCCCC(O)c1ccccc1SC. The molecule has 1 rings (SSSR count). The highest BCUT2D eigenvalue weighted by Gasteiger charge is 2.10. The summed E-state index contributed by atoms with van der Waals surface area (Å²) >= 11 is 1.67. The molecule has 1 unspecified atom stereocenters. The lowest BCUT2D eigenvalue weighted by molar-refractivity contribution is 0.134. The van der Waals surface area contributed by atoms with E-state index in [2.05, 4.69) is 0 Å². The summed E-state index contributed by atoms with van der Waals surface area (Å²) in [5.74, 6) is 0. The first-order valence-corrected chi connectivity index (χ1v) is 6.32. The molecule has 0 aliphatic rings. The number of aliphatic hydroxyl groups excluding tert-OH is 1. The number of benzene rings is 1. The summed E-state index contributed by atoms with van der Waals surface area (Å²) in [7, 11) is 1.68. The minimum Gasteiger partial charge on any atom is -0.388 e. The van der Waals surface area contributed by atoms with Gasteiger partial charge in [0.15, 0.2) is 0 Å². The van der Waals surface area contributed by atoms with Gasteiger partial charge in [0.1, 0.15) is 0 Å². The van der Waals surface area contributed by atoms with Crippen LogP contribution in [0.25, 0.3) is 0 Å². The van der Waals surface area contributed by atoms with Crippen molar-refractivity contribution >= 4 is 11.8 Å². The Morgan fingerprint density at radius 2 is 2.13 bits per heavy atom. The van der Waals surface area contributed by atoms with Crippen molar-refractivity contribution < 1.29 is 9.84 Å². The number of hydrogen-bond acceptors (Lipinski definition) is 3. The molecule has 1 atom stereocenters. The Balaban J connectivity index is 2.59. The van der Waals surface area contributed by atoms with E-state index < -0.39 is 0 Å². The molecule has 1 aromatic rings. The lowest BCUT2D eigenvalue weighted by Gasteiger charge is -2.13. The van der Waals surface area contributed by atoms with E-state index in [-0.39, 0.29) is 6.10 Å². The van der Waals surface area contributed by atoms with Gasteiger partial charge in [-0.2, -0.15) is 0 Å². The standard InChI is InChI=1S/C12H18O2S/c1-14-9-5-7-11(13)10-6-3-4-8-12(10)15-2/h3-4,6,8,11,13H,5,7,9H2,1-2H3. The molecular formula is C12H18O2S. The summed E-state index contributed by atoms with van der Waals surface area (Å²) in [5, 5.41) is 9.99. The molecule has 0 bridgehead atoms. The van der Waals surface area contributed by atoms with Gasteiger partial charge in [-0.1, -0.05) is 18.2 Å². The zero-order chi connectivity index (χ0) is 11.1. The molecule has 84 valence electrons. The molecule has 0 heterocycles. The summed E-state index contributed by atoms with van der Waals surface area (Å²) in [6.07, 6.45) is 3.30. The second-order valence-electron chi connectivity index (χ2n) is 3.39. The number of rotatable bonds is 6. The third kappa shape index (κ3) is 3.86. The van der Waals surface area contributed by atoms with E-state index in [0.29, 0.717) is 6.61 Å². The molecule has 0 amide bonds. The van der Waals surface area contributed by atoms with Crippen LogP contribution in [0.2, 0.25) is 0 Å². The zero-order valence-corrected chi connectivity index (χ0v) is 10.1. The van der Waals surface area contributed by atoms with Gasteiger partial charge in [-0.3, -0.25) is 0 Å². The van der Waals surface area contributed by atoms with Crippen molar-refractivity contribution in [3.05, 3.63) is 29.8 Å². The van der Waals surface area contributed by atoms with Gasteiger partial charge in [-0.05, 0) is 30.7 Å². The molecule has 0 radical (unpaired) electrons. The van der Waals surface area contributed by atoms with Crippen molar-refractivity contribution in [2.24, 2.45) is 0 Å². The van der Waals surface area contributed by atoms with Crippen LogP contribution in [0.5, 0.6) is 0 Å². The van der Waals surface area contributed by atoms with Gasteiger partial charge in [0.05, 0.1) is 6.10 Å². The fourth-order valence-electron chi connectivity index (χ4n) is 1.52. The average molecular weight is 226 g/mol. The third-order valence-corrected chi connectivity index (χ3v) is 3.14. The Labute approximate surface area is 95.7 Å². The fraction of sp³-hybridized carbons (Fsp3) is 0.500. The summed E-state index contributed by atoms with van der Waals surface area (Å²) < 4.78 is 4.97. The second-order valence-corrected chi connectivity index (χ2v) is 4.24. The van der Waals surface area contributed by atoms with Crippen molar-refractivity contribution in [3.63, 3.8) is 0 Å². The number of methoxy groups -OCH3 is 1. The van der Waals surface area contributed by atoms with Gasteiger partial charge in [-0.25, -0.2) is 0 Å². The summed E-state index contributed by atoms with van der Waals surface area (Å²) in [6, 6.07) is 7.99. The lowest BCUT2D eigenvalue weighted by atomic mass is 10.1. The van der Waals surface area contributed by atoms with Gasteiger partial charge < -0.3 is 9.84 Å². The van der Waals surface area contributed by atoms with Crippen LogP contribution in [0.15, 0.2) is 29.2 Å². The maximum atomic E-state index is 9.99. The Hall–Kier alpha value is -0.510. The van der Waals surface area contributed by atoms with Crippen molar-refractivity contribution in [1.82, 2.24) is 0 Å². The summed E-state index contributed by atoms with van der Waals surface area (Å²) in [5.41, 5.74) is 1.03. The Morgan fingerprint density at radius 3 is 2.80 bits per heavy atom. The largest absolute Gasteiger partial charge is 0.388 e. The smallest absolute Gasteiger partial charge is 0.0801 e. The van der Waals surface area contributed by atoms with Crippen molar-refractivity contribution in [3.8, 4) is 0 Å². The van der Waals surface area contributed by atoms with Crippen molar-refractivity contribution in [2.45, 2.75) is 23.8 Å². The molecule has 0 saturated heterocycles. The van der Waals surface area contributed by atoms with E-state index >= 15 is 0 Å². The normalized spacial score (nSPS) is 12.7. The zero-order valence-electron chi connectivity index (χ0n) is 9.27. The molecule has 15 heavy (non-hydrogen) atoms. The molecule has 0 aliphatic heterocycles. The lowest BCUT2D eigenvalue weighted by Crippen LogP contribution is -2.01. The Bertz CT molecular complexity index is 289. The molecule has 3 heteroatoms. The molecule has 1 N–H and O–H groups in total. The summed E-state index contributed by atoms with van der Waals surface area (Å²) in [6.45, 7) is 0.707. The second kappa shape index (κ2) is 6.88. The topological polar surface area (TPSA) is 29.5 Å². The predicted octanol–water partition coefficient (Wildman–Crippen LogP) is 2.87. The van der Waals surface area contributed by atoms with E-state index in [4.69, 9.17) is 4.74 Å². The van der Waals surface area contributed by atoms with E-state index in [1.807, 2.05) is 30.5 Å². The molecular weight excluding hydrogens is 208 g/mol. The molecule has 2 nitrogen and oxygen atoms in total. The van der Waals surface area contributed by atoms with Gasteiger partial charge >= 0.3 is 0 Å². The minimum atomic E-state index is -0.371. The maximum absolute atomic E-state index is 9.99. The van der Waals surface area contributed by atoms with Gasteiger partial charge in [0, 0.05) is 18.6 Å². The number of aliphatic hydroxyl groups is 1. The van der Waals surface area contributed by atoms with E-state index in [1.165, 1.54) is 0 Å². The monoisotopic (exact) mass is 226 g/mol. The maximum Gasteiger partial charge on any atom is 0.0801 e. The molecule has 1 aromatic carbocycles. The fourth-order valence-corrected chi connectivity index (χ4v) is 2.17. The van der Waals surface area contributed by atoms with E-state index in [9.17, 15) is 5.11 Å². The first-order valence-electron chi connectivity index (χ1n) is 5.09. The highest BCUT2D eigenvalue weighted by atomic mass is 32.2. The highest BCUT2D eigenvalue weighted by molar-refractivity contribution is 7.98. The van der Waals surface area contributed by atoms with Crippen LogP contribution in [0.1, 0.15) is 24.5 Å². The van der Waals surface area contributed by atoms with Crippen LogP contribution in [-0.4, -0.2) is 25.1 Å². The van der Waals surface area contributed by atoms with Crippen molar-refractivity contribution in [2.75, 3.05) is 20.0 Å². The number of thioether (sulfide) groups is 1. The molecule has 0 fully saturated rings. The van der Waals surface area contributed by atoms with Crippen LogP contribution in [-0.2, 0) is 4.74 Å². The quantitative estimate of drug-likeness (QED) is 0.597. The van der Waals surface area contributed by atoms with E-state index in [0.717, 1.165) is 23.3 Å². The highest BCUT2D eigenvalue weighted by Crippen LogP contribution is 2.28. The van der Waals surface area contributed by atoms with Crippen LogP contribution in [0.4, 0.5) is 0 Å². The first-order chi connectivity index (χ1) is 7.29. The third-order valence-electron chi connectivity index (χ3n) is 2.32. The molecule has 0 aliphatic carbocycles. The number of ether oxygens (including phenoxy) is 1. The van der Waals surface area contributed by atoms with E-state index in [1.54, 1.807) is 18.9 Å². The van der Waals surface area contributed by atoms with Crippen LogP contribution in [0, 0.1) is 0 Å². The summed E-state index contributed by atoms with van der Waals surface area (Å²) in [4.78, 5) is 1.16.